The maximum absolute atomic E-state index is 9.56. The van der Waals surface area contributed by atoms with E-state index < -0.39 is 6.10 Å². The van der Waals surface area contributed by atoms with E-state index in [9.17, 15) is 5.11 Å². The van der Waals surface area contributed by atoms with Crippen LogP contribution in [0.1, 0.15) is 54.7 Å². The number of halogens is 1. The van der Waals surface area contributed by atoms with Gasteiger partial charge in [-0.15, -0.1) is 0 Å². The van der Waals surface area contributed by atoms with Gasteiger partial charge in [0.1, 0.15) is 18.5 Å². The SMILES string of the molecule is Cc1cc(-c2noc(C=CC3(c4ccc(Cl)cc4)CCCCC3)n2)cc(C)c1OC[C@@H](O)CO. The molecule has 180 valence electrons. The molecule has 1 heterocycles. The highest BCUT2D eigenvalue weighted by atomic mass is 35.5. The van der Waals surface area contributed by atoms with Crippen LogP contribution in [-0.2, 0) is 5.41 Å². The minimum atomic E-state index is -0.912. The molecular weight excluding hydrogens is 452 g/mol. The molecule has 1 fully saturated rings. The molecule has 7 heteroatoms. The molecule has 34 heavy (non-hydrogen) atoms. The highest BCUT2D eigenvalue weighted by Crippen LogP contribution is 2.41. The summed E-state index contributed by atoms with van der Waals surface area (Å²) >= 11 is 6.12. The van der Waals surface area contributed by atoms with Crippen molar-refractivity contribution >= 4 is 17.7 Å². The van der Waals surface area contributed by atoms with Crippen LogP contribution in [0.5, 0.6) is 5.75 Å². The summed E-state index contributed by atoms with van der Waals surface area (Å²) in [5.41, 5.74) is 3.83. The van der Waals surface area contributed by atoms with E-state index in [0.29, 0.717) is 17.5 Å². The lowest BCUT2D eigenvalue weighted by molar-refractivity contribution is 0.0532. The average molecular weight is 483 g/mol. The molecule has 1 saturated carbocycles. The van der Waals surface area contributed by atoms with Gasteiger partial charge >= 0.3 is 0 Å². The fourth-order valence-corrected chi connectivity index (χ4v) is 4.83. The van der Waals surface area contributed by atoms with E-state index in [4.69, 9.17) is 26.0 Å². The van der Waals surface area contributed by atoms with Gasteiger partial charge in [-0.05, 0) is 67.6 Å². The van der Waals surface area contributed by atoms with Crippen molar-refractivity contribution in [2.75, 3.05) is 13.2 Å². The quantitative estimate of drug-likeness (QED) is 0.431. The summed E-state index contributed by atoms with van der Waals surface area (Å²) in [5, 5.41) is 23.5. The Bertz CT molecular complexity index is 1110. The topological polar surface area (TPSA) is 88.6 Å². The zero-order valence-corrected chi connectivity index (χ0v) is 20.4. The molecule has 1 aromatic heterocycles. The van der Waals surface area contributed by atoms with Crippen LogP contribution in [0, 0.1) is 13.8 Å². The molecule has 2 aromatic carbocycles. The van der Waals surface area contributed by atoms with Crippen molar-refractivity contribution in [2.45, 2.75) is 57.5 Å². The molecule has 6 nitrogen and oxygen atoms in total. The van der Waals surface area contributed by atoms with Gasteiger partial charge in [-0.1, -0.05) is 54.2 Å². The van der Waals surface area contributed by atoms with Gasteiger partial charge in [0.15, 0.2) is 0 Å². The van der Waals surface area contributed by atoms with E-state index in [1.165, 1.54) is 24.8 Å². The highest BCUT2D eigenvalue weighted by Gasteiger charge is 2.31. The number of aromatic nitrogens is 2. The average Bonchev–Trinajstić information content (AvgIpc) is 3.32. The molecule has 1 atom stereocenters. The standard InChI is InChI=1S/C27H31ClN2O4/c1-18-14-20(15-19(2)25(18)33-17-23(32)16-31)26-29-24(34-30-26)10-13-27(11-4-3-5-12-27)21-6-8-22(28)9-7-21/h6-10,13-15,23,31-32H,3-5,11-12,16-17H2,1-2H3/t23-/m0/s1. The molecular formula is C27H31ClN2O4. The Morgan fingerprint density at radius 3 is 2.44 bits per heavy atom. The Morgan fingerprint density at radius 2 is 1.79 bits per heavy atom. The van der Waals surface area contributed by atoms with E-state index in [0.717, 1.165) is 34.6 Å². The zero-order chi connectivity index (χ0) is 24.1. The van der Waals surface area contributed by atoms with E-state index in [-0.39, 0.29) is 18.6 Å². The molecule has 1 aliphatic carbocycles. The van der Waals surface area contributed by atoms with Crippen molar-refractivity contribution in [1.82, 2.24) is 10.1 Å². The van der Waals surface area contributed by atoms with Gasteiger partial charge in [0.05, 0.1) is 6.61 Å². The Kier molecular flexibility index (Phi) is 7.71. The summed E-state index contributed by atoms with van der Waals surface area (Å²) in [4.78, 5) is 4.60. The van der Waals surface area contributed by atoms with Gasteiger partial charge in [-0.25, -0.2) is 0 Å². The molecule has 0 radical (unpaired) electrons. The van der Waals surface area contributed by atoms with Crippen molar-refractivity contribution < 1.29 is 19.5 Å². The van der Waals surface area contributed by atoms with Crippen molar-refractivity contribution in [3.63, 3.8) is 0 Å². The summed E-state index contributed by atoms with van der Waals surface area (Å²) in [6.07, 6.45) is 9.02. The van der Waals surface area contributed by atoms with Crippen molar-refractivity contribution in [3.8, 4) is 17.1 Å². The first-order valence-corrected chi connectivity index (χ1v) is 12.1. The maximum atomic E-state index is 9.56. The number of allylic oxidation sites excluding steroid dienone is 1. The number of hydrogen-bond donors (Lipinski definition) is 2. The first-order valence-electron chi connectivity index (χ1n) is 11.7. The first kappa shape index (κ1) is 24.5. The summed E-state index contributed by atoms with van der Waals surface area (Å²) in [7, 11) is 0. The summed E-state index contributed by atoms with van der Waals surface area (Å²) < 4.78 is 11.2. The molecule has 0 amide bonds. The van der Waals surface area contributed by atoms with Gasteiger partial charge in [-0.3, -0.25) is 0 Å². The first-order chi connectivity index (χ1) is 16.4. The predicted octanol–water partition coefficient (Wildman–Crippen LogP) is 5.65. The zero-order valence-electron chi connectivity index (χ0n) is 19.6. The van der Waals surface area contributed by atoms with E-state index in [1.54, 1.807) is 0 Å². The highest BCUT2D eigenvalue weighted by molar-refractivity contribution is 6.30. The third kappa shape index (κ3) is 5.52. The number of aliphatic hydroxyl groups is 2. The molecule has 0 spiro atoms. The van der Waals surface area contributed by atoms with Crippen LogP contribution >= 0.6 is 11.6 Å². The van der Waals surface area contributed by atoms with Gasteiger partial charge in [0, 0.05) is 22.1 Å². The van der Waals surface area contributed by atoms with Crippen LogP contribution in [0.15, 0.2) is 47.0 Å². The van der Waals surface area contributed by atoms with Crippen LogP contribution in [0.2, 0.25) is 5.02 Å². The number of aliphatic hydroxyl groups excluding tert-OH is 2. The van der Waals surface area contributed by atoms with Gasteiger partial charge in [0.25, 0.3) is 5.89 Å². The second-order valence-corrected chi connectivity index (χ2v) is 9.54. The van der Waals surface area contributed by atoms with E-state index in [2.05, 4.69) is 28.3 Å². The summed E-state index contributed by atoms with van der Waals surface area (Å²) in [6.45, 7) is 3.55. The fourth-order valence-electron chi connectivity index (χ4n) is 4.71. The minimum Gasteiger partial charge on any atom is -0.490 e. The molecule has 1 aliphatic rings. The van der Waals surface area contributed by atoms with Gasteiger partial charge < -0.3 is 19.5 Å². The third-order valence-electron chi connectivity index (χ3n) is 6.50. The second-order valence-electron chi connectivity index (χ2n) is 9.10. The number of aryl methyl sites for hydroxylation is 2. The van der Waals surface area contributed by atoms with Crippen molar-refractivity contribution in [2.24, 2.45) is 0 Å². The van der Waals surface area contributed by atoms with Crippen LogP contribution in [0.3, 0.4) is 0 Å². The molecule has 0 unspecified atom stereocenters. The van der Waals surface area contributed by atoms with Crippen LogP contribution in [0.25, 0.3) is 17.5 Å². The number of rotatable bonds is 8. The summed E-state index contributed by atoms with van der Waals surface area (Å²) in [6, 6.07) is 12.0. The summed E-state index contributed by atoms with van der Waals surface area (Å²) in [5.74, 6) is 1.66. The number of benzene rings is 2. The molecule has 0 bridgehead atoms. The minimum absolute atomic E-state index is 0.0318. The van der Waals surface area contributed by atoms with E-state index in [1.807, 2.05) is 44.2 Å². The molecule has 0 aliphatic heterocycles. The van der Waals surface area contributed by atoms with Crippen LogP contribution in [-0.4, -0.2) is 39.7 Å². The fraction of sp³-hybridized carbons (Fsp3) is 0.407. The second kappa shape index (κ2) is 10.7. The smallest absolute Gasteiger partial charge is 0.250 e. The number of hydrogen-bond acceptors (Lipinski definition) is 6. The Hall–Kier alpha value is -2.67. The normalized spacial score (nSPS) is 16.6. The van der Waals surface area contributed by atoms with Crippen molar-refractivity contribution in [1.29, 1.82) is 0 Å². The Morgan fingerprint density at radius 1 is 1.12 bits per heavy atom. The van der Waals surface area contributed by atoms with Crippen LogP contribution < -0.4 is 4.74 Å². The largest absolute Gasteiger partial charge is 0.490 e. The number of ether oxygens (including phenoxy) is 1. The lowest BCUT2D eigenvalue weighted by Crippen LogP contribution is -2.26. The third-order valence-corrected chi connectivity index (χ3v) is 6.75. The van der Waals surface area contributed by atoms with Crippen molar-refractivity contribution in [3.05, 3.63) is 70.1 Å². The Labute approximate surface area is 205 Å². The van der Waals surface area contributed by atoms with Gasteiger partial charge in [0.2, 0.25) is 5.82 Å². The lowest BCUT2D eigenvalue weighted by atomic mass is 9.69. The number of nitrogens with zero attached hydrogens (tertiary/aromatic N) is 2. The molecule has 2 N–H and O–H groups in total. The molecule has 4 rings (SSSR count). The Balaban J connectivity index is 1.55. The van der Waals surface area contributed by atoms with Crippen LogP contribution in [0.4, 0.5) is 0 Å². The van der Waals surface area contributed by atoms with Gasteiger partial charge in [-0.2, -0.15) is 4.98 Å². The monoisotopic (exact) mass is 482 g/mol. The molecule has 0 saturated heterocycles. The predicted molar refractivity (Wildman–Crippen MR) is 133 cm³/mol. The maximum Gasteiger partial charge on any atom is 0.250 e. The van der Waals surface area contributed by atoms with E-state index >= 15 is 0 Å². The lowest BCUT2D eigenvalue weighted by Gasteiger charge is -2.35. The molecule has 3 aromatic rings.